The van der Waals surface area contributed by atoms with E-state index in [1.807, 2.05) is 13.0 Å². The first-order chi connectivity index (χ1) is 24.2. The molecule has 0 unspecified atom stereocenters. The summed E-state index contributed by atoms with van der Waals surface area (Å²) in [5.41, 5.74) is 10.3. The Morgan fingerprint density at radius 1 is 0.680 bits per heavy atom. The number of hydrogen-bond donors (Lipinski definition) is 1. The molecular formula is C45H56N2O3. The number of unbranched alkanes of at least 4 members (excludes halogenated alkanes) is 6. The first-order valence-electron chi connectivity index (χ1n) is 18.8. The van der Waals surface area contributed by atoms with Crippen LogP contribution in [0.1, 0.15) is 123 Å². The van der Waals surface area contributed by atoms with E-state index in [9.17, 15) is 9.59 Å². The minimum absolute atomic E-state index is 0.242. The number of aromatic nitrogens is 2. The summed E-state index contributed by atoms with van der Waals surface area (Å²) < 4.78 is 2.39. The van der Waals surface area contributed by atoms with Crippen molar-refractivity contribution >= 4 is 17.0 Å². The topological polar surface area (TPSA) is 72.2 Å². The number of benzene rings is 3. The van der Waals surface area contributed by atoms with Crippen LogP contribution in [0.2, 0.25) is 0 Å². The molecule has 5 nitrogen and oxygen atoms in total. The molecule has 0 aliphatic heterocycles. The molecule has 0 bridgehead atoms. The Morgan fingerprint density at radius 2 is 1.26 bits per heavy atom. The van der Waals surface area contributed by atoms with Gasteiger partial charge in [0, 0.05) is 24.1 Å². The van der Waals surface area contributed by atoms with Gasteiger partial charge in [-0.25, -0.2) is 9.78 Å². The van der Waals surface area contributed by atoms with Gasteiger partial charge in [-0.15, -0.1) is 0 Å². The summed E-state index contributed by atoms with van der Waals surface area (Å²) in [7, 11) is 0. The van der Waals surface area contributed by atoms with E-state index in [2.05, 4.69) is 92.1 Å². The Bertz CT molecular complexity index is 1870. The molecule has 0 atom stereocenters. The van der Waals surface area contributed by atoms with E-state index in [0.717, 1.165) is 110 Å². The molecule has 50 heavy (non-hydrogen) atoms. The quantitative estimate of drug-likeness (QED) is 0.106. The monoisotopic (exact) mass is 672 g/mol. The van der Waals surface area contributed by atoms with Crippen molar-refractivity contribution in [2.45, 2.75) is 118 Å². The molecule has 0 fully saturated rings. The van der Waals surface area contributed by atoms with Gasteiger partial charge >= 0.3 is 5.97 Å². The lowest BCUT2D eigenvalue weighted by Gasteiger charge is -2.11. The summed E-state index contributed by atoms with van der Waals surface area (Å²) in [6, 6.07) is 29.1. The molecule has 1 aromatic heterocycles. The fourth-order valence-electron chi connectivity index (χ4n) is 6.53. The zero-order chi connectivity index (χ0) is 35.9. The first kappa shape index (κ1) is 38.3. The fourth-order valence-corrected chi connectivity index (χ4v) is 6.53. The zero-order valence-corrected chi connectivity index (χ0v) is 30.9. The van der Waals surface area contributed by atoms with Crippen molar-refractivity contribution in [1.82, 2.24) is 9.55 Å². The maximum Gasteiger partial charge on any atom is 0.335 e. The average Bonchev–Trinajstić information content (AvgIpc) is 3.35. The Balaban J connectivity index is 0.000000435. The number of carboxylic acids is 1. The van der Waals surface area contributed by atoms with Gasteiger partial charge in [-0.3, -0.25) is 4.79 Å². The van der Waals surface area contributed by atoms with Gasteiger partial charge in [-0.2, -0.15) is 0 Å². The third kappa shape index (κ3) is 10.7. The van der Waals surface area contributed by atoms with E-state index in [-0.39, 0.29) is 5.43 Å². The number of fused-ring (bicyclic) bond motifs is 1. The molecule has 0 saturated heterocycles. The van der Waals surface area contributed by atoms with Gasteiger partial charge in [0.2, 0.25) is 0 Å². The highest BCUT2D eigenvalue weighted by Crippen LogP contribution is 2.24. The van der Waals surface area contributed by atoms with Crippen LogP contribution in [0.25, 0.3) is 22.2 Å². The highest BCUT2D eigenvalue weighted by atomic mass is 16.4. The third-order valence-electron chi connectivity index (χ3n) is 9.44. The Morgan fingerprint density at radius 3 is 1.84 bits per heavy atom. The molecule has 0 saturated carbocycles. The van der Waals surface area contributed by atoms with Gasteiger partial charge < -0.3 is 9.67 Å². The molecule has 4 aromatic carbocycles. The molecule has 0 aliphatic rings. The lowest BCUT2D eigenvalue weighted by Crippen LogP contribution is -2.12. The molecule has 5 rings (SSSR count). The van der Waals surface area contributed by atoms with Crippen LogP contribution in [0, 0.1) is 13.8 Å². The average molecular weight is 673 g/mol. The van der Waals surface area contributed by atoms with Gasteiger partial charge in [-0.1, -0.05) is 132 Å². The summed E-state index contributed by atoms with van der Waals surface area (Å²) >= 11 is 0. The van der Waals surface area contributed by atoms with Crippen LogP contribution in [-0.2, 0) is 25.8 Å². The van der Waals surface area contributed by atoms with E-state index >= 15 is 0 Å². The maximum atomic E-state index is 13.7. The van der Waals surface area contributed by atoms with Crippen LogP contribution in [0.3, 0.4) is 0 Å². The number of carboxylic acid groups (broad SMARTS) is 1. The Labute approximate surface area is 299 Å². The second-order valence-electron chi connectivity index (χ2n) is 13.6. The summed E-state index contributed by atoms with van der Waals surface area (Å²) in [5, 5.41) is 8.66. The van der Waals surface area contributed by atoms with Crippen LogP contribution in [0.5, 0.6) is 0 Å². The highest BCUT2D eigenvalue weighted by molar-refractivity contribution is 5.89. The lowest BCUT2D eigenvalue weighted by molar-refractivity contribution is 0.0696. The van der Waals surface area contributed by atoms with Crippen molar-refractivity contribution in [2.75, 3.05) is 0 Å². The van der Waals surface area contributed by atoms with Crippen LogP contribution >= 0.6 is 0 Å². The summed E-state index contributed by atoms with van der Waals surface area (Å²) in [4.78, 5) is 29.4. The van der Waals surface area contributed by atoms with Crippen LogP contribution in [0.4, 0.5) is 0 Å². The van der Waals surface area contributed by atoms with Gasteiger partial charge in [-0.05, 0) is 86.4 Å². The van der Waals surface area contributed by atoms with E-state index in [1.54, 1.807) is 19.1 Å². The van der Waals surface area contributed by atoms with Crippen molar-refractivity contribution in [3.05, 3.63) is 134 Å². The number of aryl methyl sites for hydroxylation is 5. The summed E-state index contributed by atoms with van der Waals surface area (Å²) in [5.74, 6) is 0.283. The summed E-state index contributed by atoms with van der Waals surface area (Å²) in [6.07, 6.45) is 12.9. The number of hydrogen-bond acceptors (Lipinski definition) is 3. The number of carbonyl (C=O) groups is 1. The second kappa shape index (κ2) is 19.6. The number of imidazole rings is 1. The molecule has 1 N–H and O–H groups in total. The smallest absolute Gasteiger partial charge is 0.335 e. The van der Waals surface area contributed by atoms with E-state index in [0.29, 0.717) is 5.56 Å². The number of rotatable bonds is 16. The van der Waals surface area contributed by atoms with E-state index in [1.165, 1.54) is 29.5 Å². The van der Waals surface area contributed by atoms with Crippen molar-refractivity contribution < 1.29 is 9.90 Å². The molecule has 5 aromatic rings. The second-order valence-corrected chi connectivity index (χ2v) is 13.6. The normalized spacial score (nSPS) is 11.0. The SMILES string of the molecule is CCCCCc1cc2nc(CCCCC)n(Cc3ccc(-c4ccccc4)cc3)c2cc(CCCCC)c1=O.Cc1ccc(C(=O)O)c(C)c1. The predicted molar refractivity (Wildman–Crippen MR) is 210 cm³/mol. The van der Waals surface area contributed by atoms with E-state index < -0.39 is 5.97 Å². The lowest BCUT2D eigenvalue weighted by atomic mass is 10.0. The molecule has 5 heteroatoms. The molecule has 0 spiro atoms. The van der Waals surface area contributed by atoms with Crippen LogP contribution in [-0.4, -0.2) is 20.6 Å². The highest BCUT2D eigenvalue weighted by Gasteiger charge is 2.15. The van der Waals surface area contributed by atoms with Gasteiger partial charge in [0.05, 0.1) is 16.6 Å². The van der Waals surface area contributed by atoms with Gasteiger partial charge in [0.15, 0.2) is 5.43 Å². The molecule has 0 amide bonds. The van der Waals surface area contributed by atoms with E-state index in [4.69, 9.17) is 10.1 Å². The molecule has 1 heterocycles. The van der Waals surface area contributed by atoms with Crippen molar-refractivity contribution in [3.63, 3.8) is 0 Å². The van der Waals surface area contributed by atoms with Crippen LogP contribution < -0.4 is 5.43 Å². The molecule has 0 aliphatic carbocycles. The van der Waals surface area contributed by atoms with Gasteiger partial charge in [0.1, 0.15) is 5.82 Å². The van der Waals surface area contributed by atoms with Crippen molar-refractivity contribution in [1.29, 1.82) is 0 Å². The van der Waals surface area contributed by atoms with Crippen molar-refractivity contribution in [3.8, 4) is 11.1 Å². The third-order valence-corrected chi connectivity index (χ3v) is 9.44. The zero-order valence-electron chi connectivity index (χ0n) is 30.9. The fraction of sp³-hybridized carbons (Fsp3) is 0.400. The largest absolute Gasteiger partial charge is 0.478 e. The number of nitrogens with zero attached hydrogens (tertiary/aromatic N) is 2. The minimum atomic E-state index is -0.859. The summed E-state index contributed by atoms with van der Waals surface area (Å²) in [6.45, 7) is 11.2. The Hall–Kier alpha value is -4.51. The molecular weight excluding hydrogens is 617 g/mol. The standard InChI is InChI=1S/C36H46N2O.C9H10O2/c1-4-7-11-18-31-25-33-34(26-32(36(31)39)19-12-8-5-2)38(35(37-33)20-13-9-6-3)27-28-21-23-30(24-22-28)29-16-14-10-15-17-29;1-6-3-4-8(9(10)11)7(2)5-6/h10,14-17,21-26H,4-9,11-13,18-20,27H2,1-3H3;3-5H,1-2H3,(H,10,11). The van der Waals surface area contributed by atoms with Gasteiger partial charge in [0.25, 0.3) is 0 Å². The van der Waals surface area contributed by atoms with Crippen LogP contribution in [0.15, 0.2) is 89.7 Å². The maximum absolute atomic E-state index is 13.7. The minimum Gasteiger partial charge on any atom is -0.478 e. The van der Waals surface area contributed by atoms with Crippen molar-refractivity contribution in [2.24, 2.45) is 0 Å². The number of aromatic carboxylic acids is 1. The predicted octanol–water partition coefficient (Wildman–Crippen LogP) is 11.3. The molecule has 264 valence electrons. The Kier molecular flexibility index (Phi) is 15.0. The molecule has 0 radical (unpaired) electrons. The first-order valence-corrected chi connectivity index (χ1v) is 18.8.